The highest BCUT2D eigenvalue weighted by Crippen LogP contribution is 2.40. The van der Waals surface area contributed by atoms with Gasteiger partial charge < -0.3 is 5.11 Å². The number of benzene rings is 1. The predicted molar refractivity (Wildman–Crippen MR) is 117 cm³/mol. The third-order valence-electron chi connectivity index (χ3n) is 7.64. The molecule has 1 aromatic rings. The maximum absolute atomic E-state index is 11.0. The van der Waals surface area contributed by atoms with E-state index >= 15 is 0 Å². The van der Waals surface area contributed by atoms with Gasteiger partial charge in [-0.2, -0.15) is 0 Å². The van der Waals surface area contributed by atoms with Gasteiger partial charge in [0.25, 0.3) is 0 Å². The van der Waals surface area contributed by atoms with E-state index in [1.807, 2.05) is 12.1 Å². The molecule has 2 heteroatoms. The van der Waals surface area contributed by atoms with Crippen molar-refractivity contribution in [2.24, 2.45) is 17.8 Å². The summed E-state index contributed by atoms with van der Waals surface area (Å²) in [6, 6.07) is 7.60. The first-order valence-corrected chi connectivity index (χ1v) is 12.0. The molecule has 0 aliphatic heterocycles. The summed E-state index contributed by atoms with van der Waals surface area (Å²) in [5, 5.41) is 9.05. The highest BCUT2D eigenvalue weighted by atomic mass is 16.4. The Morgan fingerprint density at radius 3 is 1.79 bits per heavy atom. The molecule has 0 bridgehead atoms. The van der Waals surface area contributed by atoms with E-state index < -0.39 is 5.97 Å². The number of hydrogen-bond acceptors (Lipinski definition) is 1. The average molecular weight is 385 g/mol. The van der Waals surface area contributed by atoms with Crippen LogP contribution in [0.15, 0.2) is 24.3 Å². The fourth-order valence-corrected chi connectivity index (χ4v) is 5.65. The van der Waals surface area contributed by atoms with Gasteiger partial charge in [-0.05, 0) is 67.1 Å². The van der Waals surface area contributed by atoms with Crippen molar-refractivity contribution in [3.8, 4) is 0 Å². The van der Waals surface area contributed by atoms with E-state index in [2.05, 4.69) is 6.92 Å². The molecule has 1 N–H and O–H groups in total. The average Bonchev–Trinajstić information content (AvgIpc) is 2.74. The second-order valence-electron chi connectivity index (χ2n) is 9.60. The Labute approximate surface area is 172 Å². The molecule has 0 aromatic heterocycles. The van der Waals surface area contributed by atoms with Crippen LogP contribution in [-0.2, 0) is 0 Å². The van der Waals surface area contributed by atoms with Gasteiger partial charge >= 0.3 is 5.97 Å². The molecule has 3 rings (SSSR count). The van der Waals surface area contributed by atoms with E-state index in [0.717, 1.165) is 17.8 Å². The summed E-state index contributed by atoms with van der Waals surface area (Å²) < 4.78 is 0. The summed E-state index contributed by atoms with van der Waals surface area (Å²) in [5.74, 6) is 2.77. The van der Waals surface area contributed by atoms with Gasteiger partial charge in [-0.15, -0.1) is 0 Å². The van der Waals surface area contributed by atoms with Crippen molar-refractivity contribution < 1.29 is 9.90 Å². The van der Waals surface area contributed by atoms with Gasteiger partial charge in [0.15, 0.2) is 0 Å². The number of aromatic carboxylic acids is 1. The van der Waals surface area contributed by atoms with Crippen LogP contribution in [0.4, 0.5) is 0 Å². The van der Waals surface area contributed by atoms with Crippen molar-refractivity contribution in [2.75, 3.05) is 0 Å². The molecule has 0 radical (unpaired) electrons. The minimum absolute atomic E-state index is 0.400. The van der Waals surface area contributed by atoms with E-state index in [9.17, 15) is 4.79 Å². The number of unbranched alkanes of at least 4 members (excludes halogenated alkanes) is 2. The standard InChI is InChI=1S/C26H40O2/c1-2-3-4-5-20-6-8-21(9-7-20)10-11-22-12-14-23(15-13-22)24-16-18-25(19-17-24)26(27)28/h16-23H,2-15H2,1H3,(H,27,28). The molecule has 2 saturated carbocycles. The molecule has 1 aromatic carbocycles. The van der Waals surface area contributed by atoms with Crippen LogP contribution in [0.25, 0.3) is 0 Å². The summed E-state index contributed by atoms with van der Waals surface area (Å²) in [5.41, 5.74) is 1.74. The smallest absolute Gasteiger partial charge is 0.335 e. The van der Waals surface area contributed by atoms with Gasteiger partial charge in [0.1, 0.15) is 0 Å². The summed E-state index contributed by atoms with van der Waals surface area (Å²) in [7, 11) is 0. The van der Waals surface area contributed by atoms with Crippen LogP contribution in [0.2, 0.25) is 0 Å². The summed E-state index contributed by atoms with van der Waals surface area (Å²) in [4.78, 5) is 11.0. The van der Waals surface area contributed by atoms with Crippen LogP contribution in [0.3, 0.4) is 0 Å². The SMILES string of the molecule is CCCCCC1CCC(CCC2CCC(c3ccc(C(=O)O)cc3)CC2)CC1. The molecule has 0 heterocycles. The number of carboxylic acids is 1. The normalized spacial score (nSPS) is 28.2. The second kappa shape index (κ2) is 11.0. The first kappa shape index (κ1) is 21.4. The fraction of sp³-hybridized carbons (Fsp3) is 0.731. The summed E-state index contributed by atoms with van der Waals surface area (Å²) in [6.07, 6.45) is 19.9. The molecule has 2 nitrogen and oxygen atoms in total. The third kappa shape index (κ3) is 6.36. The Morgan fingerprint density at radius 2 is 1.29 bits per heavy atom. The molecule has 156 valence electrons. The van der Waals surface area contributed by atoms with Crippen LogP contribution in [0.5, 0.6) is 0 Å². The molecular weight excluding hydrogens is 344 g/mol. The predicted octanol–water partition coefficient (Wildman–Crippen LogP) is 7.83. The molecular formula is C26H40O2. The summed E-state index contributed by atoms with van der Waals surface area (Å²) in [6.45, 7) is 2.30. The van der Waals surface area contributed by atoms with Crippen molar-refractivity contribution in [1.82, 2.24) is 0 Å². The van der Waals surface area contributed by atoms with Crippen LogP contribution < -0.4 is 0 Å². The number of carbonyl (C=O) groups is 1. The first-order chi connectivity index (χ1) is 13.7. The number of hydrogen-bond donors (Lipinski definition) is 1. The van der Waals surface area contributed by atoms with Crippen molar-refractivity contribution in [2.45, 2.75) is 103 Å². The Kier molecular flexibility index (Phi) is 8.43. The molecule has 2 aliphatic carbocycles. The topological polar surface area (TPSA) is 37.3 Å². The molecule has 0 spiro atoms. The van der Waals surface area contributed by atoms with E-state index in [4.69, 9.17) is 5.11 Å². The minimum atomic E-state index is -0.828. The van der Waals surface area contributed by atoms with Crippen molar-refractivity contribution in [3.63, 3.8) is 0 Å². The Hall–Kier alpha value is -1.31. The lowest BCUT2D eigenvalue weighted by molar-refractivity contribution is 0.0697. The second-order valence-corrected chi connectivity index (χ2v) is 9.60. The molecule has 0 unspecified atom stereocenters. The maximum atomic E-state index is 11.0. The quantitative estimate of drug-likeness (QED) is 0.440. The number of rotatable bonds is 9. The van der Waals surface area contributed by atoms with Gasteiger partial charge in [-0.25, -0.2) is 4.79 Å². The van der Waals surface area contributed by atoms with E-state index in [0.29, 0.717) is 11.5 Å². The third-order valence-corrected chi connectivity index (χ3v) is 7.64. The monoisotopic (exact) mass is 384 g/mol. The highest BCUT2D eigenvalue weighted by Gasteiger charge is 2.25. The zero-order valence-corrected chi connectivity index (χ0v) is 17.9. The van der Waals surface area contributed by atoms with Crippen molar-refractivity contribution in [3.05, 3.63) is 35.4 Å². The van der Waals surface area contributed by atoms with Gasteiger partial charge in [-0.1, -0.05) is 83.3 Å². The lowest BCUT2D eigenvalue weighted by atomic mass is 9.74. The molecule has 28 heavy (non-hydrogen) atoms. The zero-order valence-electron chi connectivity index (χ0n) is 17.9. The Morgan fingerprint density at radius 1 is 0.786 bits per heavy atom. The summed E-state index contributed by atoms with van der Waals surface area (Å²) >= 11 is 0. The minimum Gasteiger partial charge on any atom is -0.478 e. The van der Waals surface area contributed by atoms with E-state index in [-0.39, 0.29) is 0 Å². The van der Waals surface area contributed by atoms with Crippen LogP contribution in [-0.4, -0.2) is 11.1 Å². The van der Waals surface area contributed by atoms with Crippen LogP contribution in [0.1, 0.15) is 119 Å². The number of carboxylic acid groups (broad SMARTS) is 1. The molecule has 0 saturated heterocycles. The van der Waals surface area contributed by atoms with Crippen LogP contribution in [0, 0.1) is 17.8 Å². The molecule has 0 amide bonds. The Balaban J connectivity index is 1.32. The zero-order chi connectivity index (χ0) is 19.8. The van der Waals surface area contributed by atoms with Crippen molar-refractivity contribution >= 4 is 5.97 Å². The lowest BCUT2D eigenvalue weighted by Crippen LogP contribution is -2.18. The van der Waals surface area contributed by atoms with Crippen molar-refractivity contribution in [1.29, 1.82) is 0 Å². The lowest BCUT2D eigenvalue weighted by Gasteiger charge is -2.32. The molecule has 2 aliphatic rings. The van der Waals surface area contributed by atoms with Gasteiger partial charge in [0, 0.05) is 0 Å². The maximum Gasteiger partial charge on any atom is 0.335 e. The largest absolute Gasteiger partial charge is 0.478 e. The molecule has 2 fully saturated rings. The van der Waals surface area contributed by atoms with Gasteiger partial charge in [0.2, 0.25) is 0 Å². The fourth-order valence-electron chi connectivity index (χ4n) is 5.65. The molecule has 0 atom stereocenters. The van der Waals surface area contributed by atoms with E-state index in [1.165, 1.54) is 95.5 Å². The Bertz CT molecular complexity index is 575. The first-order valence-electron chi connectivity index (χ1n) is 12.0. The van der Waals surface area contributed by atoms with Crippen LogP contribution >= 0.6 is 0 Å². The van der Waals surface area contributed by atoms with Gasteiger partial charge in [0.05, 0.1) is 5.56 Å². The van der Waals surface area contributed by atoms with E-state index in [1.54, 1.807) is 12.1 Å². The van der Waals surface area contributed by atoms with Gasteiger partial charge in [-0.3, -0.25) is 0 Å². The highest BCUT2D eigenvalue weighted by molar-refractivity contribution is 5.87.